The molecule has 0 amide bonds. The molecule has 12 heavy (non-hydrogen) atoms. The van der Waals surface area contributed by atoms with Crippen LogP contribution >= 0.6 is 0 Å². The fraction of sp³-hybridized carbons (Fsp3) is 0.429. The fourth-order valence-electron chi connectivity index (χ4n) is 0.678. The van der Waals surface area contributed by atoms with Gasteiger partial charge in [0.15, 0.2) is 0 Å². The molecule has 0 aliphatic heterocycles. The van der Waals surface area contributed by atoms with Crippen molar-refractivity contribution in [3.05, 3.63) is 18.0 Å². The summed E-state index contributed by atoms with van der Waals surface area (Å²) < 4.78 is 5.09. The average Bonchev–Trinajstić information content (AvgIpc) is 2.05. The lowest BCUT2D eigenvalue weighted by molar-refractivity contribution is 0.299. The van der Waals surface area contributed by atoms with Gasteiger partial charge in [-0.3, -0.25) is 0 Å². The minimum Gasteiger partial charge on any atom is -0.461 e. The first kappa shape index (κ1) is 8.58. The maximum Gasteiger partial charge on any atom is 0.316 e. The molecular weight excluding hydrogens is 156 g/mol. The van der Waals surface area contributed by atoms with Crippen LogP contribution in [-0.4, -0.2) is 23.1 Å². The number of aromatic nitrogens is 2. The van der Waals surface area contributed by atoms with Crippen LogP contribution in [0.1, 0.15) is 5.69 Å². The minimum atomic E-state index is 0.345. The van der Waals surface area contributed by atoms with E-state index in [1.165, 1.54) is 0 Å². The average molecular weight is 166 g/mol. The van der Waals surface area contributed by atoms with Crippen molar-refractivity contribution in [3.63, 3.8) is 0 Å². The highest BCUT2D eigenvalue weighted by atomic mass is 16.5. The Kier molecular flexibility index (Phi) is 3.13. The summed E-state index contributed by atoms with van der Waals surface area (Å²) >= 11 is 0. The second kappa shape index (κ2) is 4.38. The lowest BCUT2D eigenvalue weighted by Gasteiger charge is -2.00. The molecular formula is C7H10N4O. The maximum atomic E-state index is 6.51. The number of aryl methyl sites for hydroxylation is 1. The van der Waals surface area contributed by atoms with Gasteiger partial charge in [0.2, 0.25) is 0 Å². The molecule has 0 saturated carbocycles. The van der Waals surface area contributed by atoms with Crippen molar-refractivity contribution in [2.75, 3.05) is 13.2 Å². The first-order valence-corrected chi connectivity index (χ1v) is 3.58. The van der Waals surface area contributed by atoms with E-state index in [2.05, 4.69) is 15.1 Å². The molecule has 1 N–H and O–H groups in total. The molecule has 0 aliphatic carbocycles. The molecule has 0 radical (unpaired) electrons. The van der Waals surface area contributed by atoms with Crippen LogP contribution < -0.4 is 4.74 Å². The zero-order valence-electron chi connectivity index (χ0n) is 6.82. The van der Waals surface area contributed by atoms with Gasteiger partial charge in [0.25, 0.3) is 0 Å². The van der Waals surface area contributed by atoms with Crippen LogP contribution in [0.3, 0.4) is 0 Å². The van der Waals surface area contributed by atoms with Gasteiger partial charge in [-0.1, -0.05) is 0 Å². The van der Waals surface area contributed by atoms with Crippen LogP contribution in [0.5, 0.6) is 6.01 Å². The molecule has 0 saturated heterocycles. The molecule has 64 valence electrons. The smallest absolute Gasteiger partial charge is 0.316 e. The van der Waals surface area contributed by atoms with Gasteiger partial charge in [0.1, 0.15) is 6.61 Å². The number of nitrogens with zero attached hydrogens (tertiary/aromatic N) is 3. The van der Waals surface area contributed by atoms with E-state index in [4.69, 9.17) is 10.3 Å². The Bertz CT molecular complexity index is 263. The highest BCUT2D eigenvalue weighted by molar-refractivity contribution is 5.02. The van der Waals surface area contributed by atoms with Crippen molar-refractivity contribution >= 4 is 0 Å². The third-order valence-electron chi connectivity index (χ3n) is 1.21. The number of nitrogens with one attached hydrogen (secondary N) is 1. The molecule has 0 spiro atoms. The number of hydrogen-bond acceptors (Lipinski definition) is 5. The summed E-state index contributed by atoms with van der Waals surface area (Å²) in [6.07, 6.45) is 1.63. The largest absolute Gasteiger partial charge is 0.461 e. The molecule has 5 nitrogen and oxygen atoms in total. The summed E-state index contributed by atoms with van der Waals surface area (Å²) in [7, 11) is 0. The monoisotopic (exact) mass is 166 g/mol. The predicted octanol–water partition coefficient (Wildman–Crippen LogP) is 1.19. The molecule has 0 aromatic carbocycles. The first-order chi connectivity index (χ1) is 5.83. The van der Waals surface area contributed by atoms with Gasteiger partial charge >= 0.3 is 6.01 Å². The van der Waals surface area contributed by atoms with Crippen molar-refractivity contribution in [3.8, 4) is 6.01 Å². The lowest BCUT2D eigenvalue weighted by Crippen LogP contribution is -2.03. The molecule has 0 aliphatic rings. The second-order valence-electron chi connectivity index (χ2n) is 2.21. The van der Waals surface area contributed by atoms with E-state index in [1.54, 1.807) is 12.3 Å². The zero-order chi connectivity index (χ0) is 8.81. The Morgan fingerprint density at radius 1 is 1.67 bits per heavy atom. The molecule has 0 fully saturated rings. The molecule has 1 aromatic rings. The molecule has 0 atom stereocenters. The molecule has 5 heteroatoms. The van der Waals surface area contributed by atoms with Gasteiger partial charge in [0.05, 0.1) is 6.54 Å². The molecule has 0 bridgehead atoms. The molecule has 0 unspecified atom stereocenters. The highest BCUT2D eigenvalue weighted by Crippen LogP contribution is 2.00. The van der Waals surface area contributed by atoms with Gasteiger partial charge < -0.3 is 4.74 Å². The molecule has 1 aromatic heterocycles. The maximum absolute atomic E-state index is 6.51. The predicted molar refractivity (Wildman–Crippen MR) is 42.3 cm³/mol. The van der Waals surface area contributed by atoms with Crippen LogP contribution in [0.4, 0.5) is 0 Å². The molecule has 1 rings (SSSR count). The van der Waals surface area contributed by atoms with Crippen LogP contribution in [0.2, 0.25) is 0 Å². The van der Waals surface area contributed by atoms with E-state index in [9.17, 15) is 0 Å². The Balaban J connectivity index is 2.46. The van der Waals surface area contributed by atoms with Crippen molar-refractivity contribution in [2.24, 2.45) is 5.11 Å². The van der Waals surface area contributed by atoms with Crippen molar-refractivity contribution < 1.29 is 4.74 Å². The lowest BCUT2D eigenvalue weighted by atomic mass is 10.5. The highest BCUT2D eigenvalue weighted by Gasteiger charge is 1.95. The van der Waals surface area contributed by atoms with E-state index in [1.807, 2.05) is 6.92 Å². The van der Waals surface area contributed by atoms with Gasteiger partial charge in [-0.2, -0.15) is 5.11 Å². The normalized spacial score (nSPS) is 9.42. The van der Waals surface area contributed by atoms with Gasteiger partial charge in [-0.15, -0.1) is 0 Å². The van der Waals surface area contributed by atoms with Crippen LogP contribution in [0.15, 0.2) is 17.4 Å². The summed E-state index contributed by atoms with van der Waals surface area (Å²) in [5.41, 5.74) is 7.38. The van der Waals surface area contributed by atoms with Crippen LogP contribution in [-0.2, 0) is 0 Å². The summed E-state index contributed by atoms with van der Waals surface area (Å²) in [5, 5.41) is 3.14. The summed E-state index contributed by atoms with van der Waals surface area (Å²) in [5.74, 6) is 0. The zero-order valence-corrected chi connectivity index (χ0v) is 6.82. The standard InChI is InChI=1S/C7H10N4O/c1-6-2-3-9-7(11-6)12-5-4-10-8/h2-3,8H,4-5H2,1H3. The van der Waals surface area contributed by atoms with E-state index in [0.717, 1.165) is 5.69 Å². The Morgan fingerprint density at radius 3 is 3.17 bits per heavy atom. The van der Waals surface area contributed by atoms with E-state index >= 15 is 0 Å². The minimum absolute atomic E-state index is 0.345. The Morgan fingerprint density at radius 2 is 2.50 bits per heavy atom. The summed E-state index contributed by atoms with van der Waals surface area (Å²) in [4.78, 5) is 7.88. The second-order valence-corrected chi connectivity index (χ2v) is 2.21. The number of hydrogen-bond donors (Lipinski definition) is 1. The SMILES string of the molecule is Cc1ccnc(OCCN=N)n1. The number of rotatable bonds is 4. The number of ether oxygens (including phenoxy) is 1. The van der Waals surface area contributed by atoms with Gasteiger partial charge in [-0.25, -0.2) is 15.5 Å². The Hall–Kier alpha value is -1.52. The third-order valence-corrected chi connectivity index (χ3v) is 1.21. The first-order valence-electron chi connectivity index (χ1n) is 3.58. The van der Waals surface area contributed by atoms with Gasteiger partial charge in [-0.05, 0) is 13.0 Å². The Labute approximate surface area is 70.3 Å². The van der Waals surface area contributed by atoms with Crippen molar-refractivity contribution in [1.29, 1.82) is 5.53 Å². The van der Waals surface area contributed by atoms with E-state index in [-0.39, 0.29) is 0 Å². The van der Waals surface area contributed by atoms with Crippen molar-refractivity contribution in [1.82, 2.24) is 9.97 Å². The fourth-order valence-corrected chi connectivity index (χ4v) is 0.678. The van der Waals surface area contributed by atoms with Crippen LogP contribution in [0.25, 0.3) is 0 Å². The molecule has 1 heterocycles. The topological polar surface area (TPSA) is 71.2 Å². The van der Waals surface area contributed by atoms with Crippen molar-refractivity contribution in [2.45, 2.75) is 6.92 Å². The van der Waals surface area contributed by atoms with E-state index in [0.29, 0.717) is 19.2 Å². The summed E-state index contributed by atoms with van der Waals surface area (Å²) in [6.45, 7) is 2.56. The van der Waals surface area contributed by atoms with Gasteiger partial charge in [0, 0.05) is 11.9 Å². The third kappa shape index (κ3) is 2.61. The quantitative estimate of drug-likeness (QED) is 0.539. The van der Waals surface area contributed by atoms with Crippen LogP contribution in [0, 0.1) is 12.5 Å². The summed E-state index contributed by atoms with van der Waals surface area (Å²) in [6, 6.07) is 2.14. The van der Waals surface area contributed by atoms with E-state index < -0.39 is 0 Å².